The molecule has 7 rings (SSSR count). The van der Waals surface area contributed by atoms with Gasteiger partial charge >= 0.3 is 0 Å². The van der Waals surface area contributed by atoms with Crippen molar-refractivity contribution >= 4 is 11.6 Å². The maximum atomic E-state index is 13.9. The molecule has 7 saturated heterocycles. The molecule has 0 aliphatic carbocycles. The van der Waals surface area contributed by atoms with Crippen molar-refractivity contribution in [3.63, 3.8) is 0 Å². The van der Waals surface area contributed by atoms with E-state index in [1.54, 1.807) is 7.11 Å². The second-order valence-electron chi connectivity index (χ2n) is 16.8. The van der Waals surface area contributed by atoms with Crippen LogP contribution in [0, 0.1) is 11.8 Å². The lowest BCUT2D eigenvalue weighted by Crippen LogP contribution is -2.61. The van der Waals surface area contributed by atoms with Crippen molar-refractivity contribution in [1.82, 2.24) is 0 Å². The van der Waals surface area contributed by atoms with Crippen LogP contribution in [0.4, 0.5) is 0 Å². The minimum Gasteiger partial charge on any atom is -0.394 e. The Morgan fingerprint density at radius 2 is 1.45 bits per heavy atom. The van der Waals surface area contributed by atoms with Crippen LogP contribution >= 0.6 is 0 Å². The van der Waals surface area contributed by atoms with Crippen LogP contribution in [0.15, 0.2) is 24.3 Å². The summed E-state index contributed by atoms with van der Waals surface area (Å²) in [6.07, 6.45) is -3.55. The quantitative estimate of drug-likeness (QED) is 0.308. The molecule has 8 bridgehead atoms. The molecule has 0 aromatic carbocycles. The Balaban J connectivity index is 1.11. The number of Topliss-reactive ketones (excluding diaryl/α,β-unsaturated/α-hetero) is 2. The number of carbonyl (C=O) groups excluding carboxylic acids is 2. The zero-order valence-electron chi connectivity index (χ0n) is 31.2. The van der Waals surface area contributed by atoms with Crippen molar-refractivity contribution in [1.29, 1.82) is 0 Å². The average molecular weight is 749 g/mol. The van der Waals surface area contributed by atoms with Crippen LogP contribution in [0.25, 0.3) is 0 Å². The van der Waals surface area contributed by atoms with Gasteiger partial charge in [0, 0.05) is 51.6 Å². The van der Waals surface area contributed by atoms with Gasteiger partial charge in [-0.15, -0.1) is 0 Å². The summed E-state index contributed by atoms with van der Waals surface area (Å²) in [4.78, 5) is 27.0. The van der Waals surface area contributed by atoms with E-state index in [0.29, 0.717) is 32.1 Å². The first-order chi connectivity index (χ1) is 25.4. The molecular weight excluding hydrogens is 688 g/mol. The summed E-state index contributed by atoms with van der Waals surface area (Å²) in [7, 11) is 1.58. The standard InChI is InChI=1S/C40H60O13/c1-19-11-26-7-9-29-20(2)12-25(48-29)6-5-22(42)15-33-35(45)39-40(53-33)36(46)38-30(52-39)10-8-27(50-38)13-23(43)14-28-32(17-31(49-26)21(19)3)51-34(37(28)47-4)16-24(44)18-41/h19,24-41,44-46H,2-3,5-18H2,1,4H3/t19-,24+,25?,26?,27-,28+,29?,30+,31?,32+,33-,34-,35+,36+,37-,38?,39+,40+/m1/s1. The van der Waals surface area contributed by atoms with E-state index in [-0.39, 0.29) is 79.9 Å². The minimum atomic E-state index is -1.10. The van der Waals surface area contributed by atoms with E-state index in [0.717, 1.165) is 30.4 Å². The number of aliphatic hydroxyl groups excluding tert-OH is 4. The summed E-state index contributed by atoms with van der Waals surface area (Å²) in [5.41, 5.74) is 2.00. The molecule has 0 aromatic heterocycles. The fraction of sp³-hybridized carbons (Fsp3) is 0.850. The van der Waals surface area contributed by atoms with Gasteiger partial charge in [0.1, 0.15) is 42.1 Å². The molecule has 7 aliphatic rings. The Labute approximate surface area is 312 Å². The van der Waals surface area contributed by atoms with Crippen LogP contribution in [0.1, 0.15) is 90.4 Å². The maximum absolute atomic E-state index is 13.9. The zero-order valence-corrected chi connectivity index (χ0v) is 31.2. The molecule has 5 unspecified atom stereocenters. The molecular formula is C40H60O13. The van der Waals surface area contributed by atoms with Gasteiger partial charge in [0.15, 0.2) is 0 Å². The van der Waals surface area contributed by atoms with Crippen molar-refractivity contribution < 1.29 is 63.2 Å². The van der Waals surface area contributed by atoms with E-state index in [1.165, 1.54) is 0 Å². The van der Waals surface area contributed by atoms with Gasteiger partial charge in [-0.1, -0.05) is 20.1 Å². The number of hydrogen-bond donors (Lipinski definition) is 4. The van der Waals surface area contributed by atoms with Crippen LogP contribution in [0.2, 0.25) is 0 Å². The highest BCUT2D eigenvalue weighted by atomic mass is 16.6. The lowest BCUT2D eigenvalue weighted by molar-refractivity contribution is -0.259. The molecule has 298 valence electrons. The highest BCUT2D eigenvalue weighted by Gasteiger charge is 2.57. The summed E-state index contributed by atoms with van der Waals surface area (Å²) in [6, 6.07) is 0. The van der Waals surface area contributed by atoms with E-state index in [9.17, 15) is 30.0 Å². The Hall–Kier alpha value is -1.62. The second kappa shape index (κ2) is 16.9. The highest BCUT2D eigenvalue weighted by molar-refractivity contribution is 5.79. The van der Waals surface area contributed by atoms with E-state index >= 15 is 0 Å². The normalized spacial score (nSPS) is 47.7. The van der Waals surface area contributed by atoms with Crippen LogP contribution in [-0.4, -0.2) is 143 Å². The topological polar surface area (TPSA) is 180 Å². The summed E-state index contributed by atoms with van der Waals surface area (Å²) < 4.78 is 44.3. The van der Waals surface area contributed by atoms with Gasteiger partial charge in [-0.25, -0.2) is 0 Å². The number of rotatable bonds is 4. The summed E-state index contributed by atoms with van der Waals surface area (Å²) in [5.74, 6) is -0.221. The molecule has 13 heteroatoms. The smallest absolute Gasteiger partial charge is 0.135 e. The molecule has 0 aromatic rings. The van der Waals surface area contributed by atoms with Gasteiger partial charge in [-0.2, -0.15) is 0 Å². The molecule has 7 aliphatic heterocycles. The number of hydrogen-bond acceptors (Lipinski definition) is 13. The van der Waals surface area contributed by atoms with Crippen LogP contribution < -0.4 is 0 Å². The Kier molecular flexibility index (Phi) is 12.6. The average Bonchev–Trinajstić information content (AvgIpc) is 3.76. The number of ether oxygens (including phenoxy) is 7. The fourth-order valence-corrected chi connectivity index (χ4v) is 10.1. The highest BCUT2D eigenvalue weighted by Crippen LogP contribution is 2.43. The molecule has 53 heavy (non-hydrogen) atoms. The molecule has 0 radical (unpaired) electrons. The fourth-order valence-electron chi connectivity index (χ4n) is 10.1. The van der Waals surface area contributed by atoms with Gasteiger partial charge in [-0.05, 0) is 62.0 Å². The molecule has 0 amide bonds. The first-order valence-corrected chi connectivity index (χ1v) is 19.9. The minimum absolute atomic E-state index is 0.00643. The monoisotopic (exact) mass is 748 g/mol. The van der Waals surface area contributed by atoms with Crippen molar-refractivity contribution in [2.24, 2.45) is 11.8 Å². The van der Waals surface area contributed by atoms with Crippen molar-refractivity contribution in [3.05, 3.63) is 24.3 Å². The third-order valence-electron chi connectivity index (χ3n) is 13.1. The van der Waals surface area contributed by atoms with Crippen LogP contribution in [0.3, 0.4) is 0 Å². The lowest BCUT2D eigenvalue weighted by Gasteiger charge is -2.46. The lowest BCUT2D eigenvalue weighted by atomic mass is 9.81. The predicted molar refractivity (Wildman–Crippen MR) is 189 cm³/mol. The van der Waals surface area contributed by atoms with E-state index < -0.39 is 79.9 Å². The van der Waals surface area contributed by atoms with E-state index in [1.807, 2.05) is 0 Å². The number of aliphatic hydroxyl groups is 4. The van der Waals surface area contributed by atoms with Crippen molar-refractivity contribution in [3.8, 4) is 0 Å². The third kappa shape index (κ3) is 8.56. The molecule has 7 heterocycles. The number of fused-ring (bicyclic) bond motifs is 7. The largest absolute Gasteiger partial charge is 0.394 e. The molecule has 7 fully saturated rings. The summed E-state index contributed by atoms with van der Waals surface area (Å²) in [5, 5.41) is 42.6. The van der Waals surface area contributed by atoms with Crippen molar-refractivity contribution in [2.75, 3.05) is 13.7 Å². The molecule has 4 N–H and O–H groups in total. The van der Waals surface area contributed by atoms with Crippen LogP contribution in [0.5, 0.6) is 0 Å². The van der Waals surface area contributed by atoms with Crippen molar-refractivity contribution in [2.45, 2.75) is 188 Å². The Morgan fingerprint density at radius 3 is 2.23 bits per heavy atom. The SMILES string of the molecule is C=C1CC2CCC(=O)C[C@H]3O[C@@H]4[C@@H](O[C@H]5CC[C@H](CC(=O)C[C@@H]6[C@@H](OC)[C@@H](C[C@H](O)CO)O[C@H]6CC6OC(CCC1O2)C[C@@H](C)C6=C)OC5[C@@H]4O)[C@H]3O. The molecule has 0 spiro atoms. The zero-order chi connectivity index (χ0) is 37.6. The number of methoxy groups -OCH3 is 1. The van der Waals surface area contributed by atoms with Gasteiger partial charge in [0.2, 0.25) is 0 Å². The first-order valence-electron chi connectivity index (χ1n) is 19.9. The maximum Gasteiger partial charge on any atom is 0.135 e. The number of carbonyl (C=O) groups is 2. The third-order valence-corrected chi connectivity index (χ3v) is 13.1. The van der Waals surface area contributed by atoms with E-state index in [4.69, 9.17) is 33.2 Å². The van der Waals surface area contributed by atoms with E-state index in [2.05, 4.69) is 20.1 Å². The van der Waals surface area contributed by atoms with Gasteiger partial charge in [-0.3, -0.25) is 9.59 Å². The summed E-state index contributed by atoms with van der Waals surface area (Å²) in [6.45, 7) is 10.4. The summed E-state index contributed by atoms with van der Waals surface area (Å²) >= 11 is 0. The first kappa shape index (κ1) is 39.6. The molecule has 13 nitrogen and oxygen atoms in total. The predicted octanol–water partition coefficient (Wildman–Crippen LogP) is 2.27. The van der Waals surface area contributed by atoms with Gasteiger partial charge in [0.05, 0.1) is 73.8 Å². The van der Waals surface area contributed by atoms with Gasteiger partial charge < -0.3 is 53.6 Å². The molecule has 18 atom stereocenters. The Bertz CT molecular complexity index is 1340. The number of ketones is 2. The van der Waals surface area contributed by atoms with Crippen LogP contribution in [-0.2, 0) is 42.7 Å². The second-order valence-corrected chi connectivity index (χ2v) is 16.8. The van der Waals surface area contributed by atoms with Gasteiger partial charge in [0.25, 0.3) is 0 Å². The molecule has 0 saturated carbocycles. The Morgan fingerprint density at radius 1 is 0.736 bits per heavy atom.